The number of anilines is 3. The smallest absolute Gasteiger partial charge is 0.343 e. The molecule has 4 atom stereocenters. The molecule has 12 rings (SSSR count). The summed E-state index contributed by atoms with van der Waals surface area (Å²) in [7, 11) is 3.55. The number of rotatable bonds is 20. The first kappa shape index (κ1) is 84.0. The van der Waals surface area contributed by atoms with Gasteiger partial charge in [-0.1, -0.05) is 81.7 Å². The Kier molecular flexibility index (Phi) is 30.3. The highest BCUT2D eigenvalue weighted by Crippen LogP contribution is 2.31. The molecule has 586 valence electrons. The zero-order valence-corrected chi connectivity index (χ0v) is 61.0. The van der Waals surface area contributed by atoms with Gasteiger partial charge in [-0.15, -0.1) is 0 Å². The summed E-state index contributed by atoms with van der Waals surface area (Å²) in [5, 5.41) is 68.5. The van der Waals surface area contributed by atoms with Gasteiger partial charge in [0.25, 0.3) is 33.6 Å². The molecule has 4 unspecified atom stereocenters. The van der Waals surface area contributed by atoms with Crippen LogP contribution in [0.2, 0.25) is 0 Å². The van der Waals surface area contributed by atoms with Crippen molar-refractivity contribution in [2.75, 3.05) is 64.1 Å². The van der Waals surface area contributed by atoms with Gasteiger partial charge in [0.05, 0.1) is 85.4 Å². The van der Waals surface area contributed by atoms with Crippen LogP contribution in [0, 0.1) is 32.1 Å². The van der Waals surface area contributed by atoms with E-state index in [-0.39, 0.29) is 39.3 Å². The highest BCUT2D eigenvalue weighted by Gasteiger charge is 2.28. The van der Waals surface area contributed by atoms with E-state index in [1.165, 1.54) is 139 Å². The molecule has 2 aliphatic carbocycles. The molecule has 5 aromatic carbocycles. The van der Waals surface area contributed by atoms with Crippen LogP contribution in [0.25, 0.3) is 53.9 Å². The number of non-ortho nitro benzene ring substituents is 2. The summed E-state index contributed by atoms with van der Waals surface area (Å²) >= 11 is 0. The molecule has 10 aromatic rings. The van der Waals surface area contributed by atoms with Crippen LogP contribution in [-0.2, 0) is 43.0 Å². The Morgan fingerprint density at radius 3 is 1.12 bits per heavy atom. The number of pyridine rings is 4. The number of fused-ring (bicyclic) bond motifs is 5. The first-order chi connectivity index (χ1) is 53.4. The van der Waals surface area contributed by atoms with E-state index >= 15 is 0 Å². The van der Waals surface area contributed by atoms with Crippen molar-refractivity contribution in [1.82, 2.24) is 18.3 Å². The quantitative estimate of drug-likeness (QED) is 0.00896. The van der Waals surface area contributed by atoms with Gasteiger partial charge in [-0.3, -0.25) is 67.5 Å². The second-order valence-corrected chi connectivity index (χ2v) is 26.1. The van der Waals surface area contributed by atoms with Crippen molar-refractivity contribution in [3.63, 3.8) is 0 Å². The Bertz CT molecular complexity index is 5360. The zero-order valence-electron chi connectivity index (χ0n) is 61.0. The van der Waals surface area contributed by atoms with E-state index in [1.807, 2.05) is 0 Å². The summed E-state index contributed by atoms with van der Waals surface area (Å²) in [6, 6.07) is 26.8. The van der Waals surface area contributed by atoms with Gasteiger partial charge in [0.2, 0.25) is 17.7 Å². The van der Waals surface area contributed by atoms with Crippen LogP contribution >= 0.6 is 0 Å². The maximum absolute atomic E-state index is 12.9. The van der Waals surface area contributed by atoms with Gasteiger partial charge in [0, 0.05) is 99.1 Å². The Labute approximate surface area is 631 Å². The van der Waals surface area contributed by atoms with Gasteiger partial charge in [0.1, 0.15) is 6.04 Å². The molecule has 0 spiro atoms. The number of nitro benzene ring substituents is 2. The Hall–Kier alpha value is -12.6. The summed E-state index contributed by atoms with van der Waals surface area (Å²) in [4.78, 5) is 153. The normalized spacial score (nSPS) is 14.1. The van der Waals surface area contributed by atoms with E-state index in [0.717, 1.165) is 57.3 Å². The van der Waals surface area contributed by atoms with Crippen LogP contribution in [0.4, 0.5) is 28.4 Å². The van der Waals surface area contributed by atoms with Crippen LogP contribution in [0.3, 0.4) is 0 Å². The lowest BCUT2D eigenvalue weighted by Gasteiger charge is -2.17. The van der Waals surface area contributed by atoms with Gasteiger partial charge in [0.15, 0.2) is 18.1 Å². The number of aliphatic hydroxyl groups excluding tert-OH is 4. The molecular formula is C78H86N10O23. The van der Waals surface area contributed by atoms with Gasteiger partial charge >= 0.3 is 23.5 Å². The number of nitro groups is 2. The van der Waals surface area contributed by atoms with E-state index in [0.29, 0.717) is 79.4 Å². The minimum Gasteiger partial charge on any atom is -0.467 e. The second-order valence-electron chi connectivity index (χ2n) is 26.1. The summed E-state index contributed by atoms with van der Waals surface area (Å²) in [6.07, 6.45) is 21.7. The van der Waals surface area contributed by atoms with E-state index in [4.69, 9.17) is 11.5 Å². The molecule has 5 aromatic heterocycles. The fourth-order valence-electron chi connectivity index (χ4n) is 13.4. The Morgan fingerprint density at radius 1 is 0.441 bits per heavy atom. The van der Waals surface area contributed by atoms with Crippen LogP contribution in [0.5, 0.6) is 0 Å². The fourth-order valence-corrected chi connectivity index (χ4v) is 13.4. The number of carbonyl (C=O) groups is 6. The largest absolute Gasteiger partial charge is 0.467 e. The third kappa shape index (κ3) is 20.6. The molecule has 0 radical (unpaired) electrons. The Balaban J connectivity index is 0.000000178. The molecule has 0 saturated heterocycles. The molecule has 33 nitrogen and oxygen atoms in total. The number of carbonyl (C=O) groups excluding carboxylic acids is 6. The fraction of sp³-hybridized carbons (Fsp3) is 0.346. The number of amides is 3. The maximum atomic E-state index is 12.9. The van der Waals surface area contributed by atoms with Crippen LogP contribution in [0.15, 0.2) is 181 Å². The standard InChI is InChI=1S/C22H28N2O5.C21H27N3O4.C13H12N2O6.C13H14N2O4.C9H5NO4/c1-29-22(28)19(14-25)24-12-11-16-17(21(24)27)9-6-10-18(16)23-20(26)13-15-7-4-2-3-5-8-15;22-20(27)18(13-25)24-11-10-15-16(21(24)28)8-5-9-17(15)23-19(26)12-14-6-3-1-2-4-7-14;1-21-13(18)11(7-16)14-6-5-8-9(12(14)17)3-2-4-10(8)15(19)20;1-19-13(18)11(7-16)15-6-5-8-9(12(15)17)3-2-4-10(8)14;11-9-7-2-1-3-8(10(12)13)6(7)4-5-14-9/h6,9-12,15,19,25H,2-5,7-8,13-14H2,1H3,(H,23,26);5,8-11,14,18,25H,1-4,6-7,12-13H2,(H2,22,27)(H,23,26);2-6,11,16H,7H2,1H3;2-6,11,16H,7,14H2,1H3;1-5H. The van der Waals surface area contributed by atoms with Crippen molar-refractivity contribution in [2.45, 2.75) is 114 Å². The van der Waals surface area contributed by atoms with E-state index < -0.39 is 112 Å². The van der Waals surface area contributed by atoms with Crippen molar-refractivity contribution in [3.8, 4) is 0 Å². The minimum atomic E-state index is -1.19. The van der Waals surface area contributed by atoms with Crippen molar-refractivity contribution < 1.29 is 77.7 Å². The molecule has 0 bridgehead atoms. The SMILES string of the molecule is COC(=O)C(CO)n1ccc2c(N)cccc2c1=O.COC(=O)C(CO)n1ccc2c(NC(=O)CC3CCCCCC3)cccc2c1=O.COC(=O)C(CO)n1ccc2c([N+](=O)[O-])cccc2c1=O.NC(=O)C(CO)n1ccc2c(NC(=O)CC3CCCCCC3)cccc2c1=O.O=c1occc2c([N+](=O)[O-])cccc12. The average molecular weight is 1530 g/mol. The molecule has 2 aliphatic rings. The lowest BCUT2D eigenvalue weighted by Crippen LogP contribution is -2.35. The number of nitrogens with zero attached hydrogens (tertiary/aromatic N) is 6. The number of ether oxygens (including phenoxy) is 3. The van der Waals surface area contributed by atoms with Gasteiger partial charge < -0.3 is 65.7 Å². The van der Waals surface area contributed by atoms with Crippen LogP contribution in [0.1, 0.15) is 114 Å². The monoisotopic (exact) mass is 1530 g/mol. The zero-order chi connectivity index (χ0) is 80.6. The molecular weight excluding hydrogens is 1440 g/mol. The van der Waals surface area contributed by atoms with E-state index in [1.54, 1.807) is 72.8 Å². The van der Waals surface area contributed by atoms with Crippen LogP contribution in [-0.4, -0.2) is 132 Å². The third-order valence-electron chi connectivity index (χ3n) is 19.2. The number of nitrogens with one attached hydrogen (secondary N) is 2. The molecule has 3 amide bonds. The Morgan fingerprint density at radius 2 is 0.757 bits per heavy atom. The lowest BCUT2D eigenvalue weighted by molar-refractivity contribution is -0.383. The van der Waals surface area contributed by atoms with Crippen molar-refractivity contribution in [1.29, 1.82) is 0 Å². The summed E-state index contributed by atoms with van der Waals surface area (Å²) in [5.41, 5.74) is 9.97. The highest BCUT2D eigenvalue weighted by atomic mass is 16.6. The molecule has 5 heterocycles. The average Bonchev–Trinajstić information content (AvgIpc) is 0.923. The first-order valence-corrected chi connectivity index (χ1v) is 35.5. The van der Waals surface area contributed by atoms with Crippen molar-refractivity contribution >= 4 is 118 Å². The number of primary amides is 1. The number of benzene rings is 5. The molecule has 111 heavy (non-hydrogen) atoms. The van der Waals surface area contributed by atoms with E-state index in [9.17, 15) is 93.4 Å². The topological polar surface area (TPSA) is 492 Å². The molecule has 0 aliphatic heterocycles. The number of nitrogen functional groups attached to an aromatic ring is 1. The summed E-state index contributed by atoms with van der Waals surface area (Å²) < 4.78 is 22.8. The first-order valence-electron chi connectivity index (χ1n) is 35.5. The molecule has 10 N–H and O–H groups in total. The third-order valence-corrected chi connectivity index (χ3v) is 19.2. The summed E-state index contributed by atoms with van der Waals surface area (Å²) in [5.74, 6) is -2.19. The van der Waals surface area contributed by atoms with Crippen molar-refractivity contribution in [2.24, 2.45) is 17.6 Å². The number of hydrogen-bond acceptors (Lipinski definition) is 24. The summed E-state index contributed by atoms with van der Waals surface area (Å²) in [6.45, 7) is -2.23. The number of methoxy groups -OCH3 is 3. The van der Waals surface area contributed by atoms with Gasteiger partial charge in [-0.25, -0.2) is 19.2 Å². The number of nitrogens with two attached hydrogens (primary N) is 2. The molecule has 33 heteroatoms. The number of aliphatic hydroxyl groups is 4. The van der Waals surface area contributed by atoms with Gasteiger partial charge in [-0.05, 0) is 116 Å². The molecule has 2 fully saturated rings. The second kappa shape index (κ2) is 40.0. The number of esters is 3. The van der Waals surface area contributed by atoms with Crippen molar-refractivity contribution in [3.05, 3.63) is 224 Å². The van der Waals surface area contributed by atoms with E-state index in [2.05, 4.69) is 29.3 Å². The maximum Gasteiger partial charge on any atom is 0.343 e. The number of hydrogen-bond donors (Lipinski definition) is 8. The molecule has 2 saturated carbocycles. The van der Waals surface area contributed by atoms with Crippen LogP contribution < -0.4 is 50.0 Å². The highest BCUT2D eigenvalue weighted by molar-refractivity contribution is 6.03. The van der Waals surface area contributed by atoms with Gasteiger partial charge in [-0.2, -0.15) is 0 Å². The predicted octanol–water partition coefficient (Wildman–Crippen LogP) is 7.93. The number of aromatic nitrogens is 4. The lowest BCUT2D eigenvalue weighted by atomic mass is 9.96. The predicted molar refractivity (Wildman–Crippen MR) is 412 cm³/mol. The minimum absolute atomic E-state index is 0.0450.